The summed E-state index contributed by atoms with van der Waals surface area (Å²) in [5.74, 6) is 0.870. The Balaban J connectivity index is 1.35. The summed E-state index contributed by atoms with van der Waals surface area (Å²) >= 11 is 0. The van der Waals surface area contributed by atoms with Gasteiger partial charge in [-0.15, -0.1) is 0 Å². The molecule has 1 unspecified atom stereocenters. The Labute approximate surface area is 135 Å². The first-order valence-electron chi connectivity index (χ1n) is 8.55. The van der Waals surface area contributed by atoms with Gasteiger partial charge in [-0.25, -0.2) is 9.18 Å². The normalized spacial score (nSPS) is 29.1. The molecule has 3 aliphatic rings. The van der Waals surface area contributed by atoms with Crippen LogP contribution in [0.15, 0.2) is 18.2 Å². The second-order valence-electron chi connectivity index (χ2n) is 6.82. The first-order chi connectivity index (χ1) is 11.2. The van der Waals surface area contributed by atoms with E-state index in [0.717, 1.165) is 39.0 Å². The van der Waals surface area contributed by atoms with Crippen molar-refractivity contribution in [2.24, 2.45) is 11.8 Å². The fourth-order valence-electron chi connectivity index (χ4n) is 3.93. The molecule has 5 nitrogen and oxygen atoms in total. The molecule has 0 radical (unpaired) electrons. The maximum absolute atomic E-state index is 14.3. The number of urea groups is 1. The minimum absolute atomic E-state index is 0.241. The summed E-state index contributed by atoms with van der Waals surface area (Å²) < 4.78 is 14.3. The number of hydrogen-bond donors (Lipinski definition) is 3. The first kappa shape index (κ1) is 14.8. The number of halogens is 1. The van der Waals surface area contributed by atoms with Crippen LogP contribution in [0.2, 0.25) is 0 Å². The molecular formula is C17H23FN4O. The average molecular weight is 318 g/mol. The van der Waals surface area contributed by atoms with Crippen LogP contribution in [-0.4, -0.2) is 38.3 Å². The van der Waals surface area contributed by atoms with Crippen LogP contribution in [0.25, 0.3) is 0 Å². The Morgan fingerprint density at radius 1 is 1.17 bits per heavy atom. The molecule has 2 aliphatic heterocycles. The Kier molecular flexibility index (Phi) is 3.85. The Morgan fingerprint density at radius 2 is 1.91 bits per heavy atom. The predicted octanol–water partition coefficient (Wildman–Crippen LogP) is 2.16. The largest absolute Gasteiger partial charge is 0.369 e. The molecule has 3 fully saturated rings. The highest BCUT2D eigenvalue weighted by molar-refractivity contribution is 5.90. The summed E-state index contributed by atoms with van der Waals surface area (Å²) in [6.45, 7) is 3.77. The molecule has 1 aliphatic carbocycles. The van der Waals surface area contributed by atoms with Gasteiger partial charge in [0.1, 0.15) is 5.82 Å². The van der Waals surface area contributed by atoms with Crippen LogP contribution in [0.4, 0.5) is 20.6 Å². The molecule has 0 bridgehead atoms. The standard InChI is InChI=1S/C17H23FN4O/c18-14-8-11(4-5-15(14)22-6-2-1-3-7-22)20-17(23)21-16-12-9-19-10-13(12)16/h4-5,8,12-13,16,19H,1-3,6-7,9-10H2,(H2,20,21,23)/t12-,13+,16?. The lowest BCUT2D eigenvalue weighted by Crippen LogP contribution is -2.35. The number of benzene rings is 1. The fourth-order valence-corrected chi connectivity index (χ4v) is 3.93. The fraction of sp³-hybridized carbons (Fsp3) is 0.588. The van der Waals surface area contributed by atoms with Crippen LogP contribution in [0, 0.1) is 17.7 Å². The second-order valence-corrected chi connectivity index (χ2v) is 6.82. The highest BCUT2D eigenvalue weighted by atomic mass is 19.1. The number of anilines is 2. The molecule has 124 valence electrons. The Hall–Kier alpha value is -1.82. The molecule has 23 heavy (non-hydrogen) atoms. The van der Waals surface area contributed by atoms with Crippen molar-refractivity contribution in [2.45, 2.75) is 25.3 Å². The van der Waals surface area contributed by atoms with Crippen molar-refractivity contribution in [3.05, 3.63) is 24.0 Å². The molecule has 1 aromatic rings. The lowest BCUT2D eigenvalue weighted by atomic mass is 10.1. The third kappa shape index (κ3) is 3.00. The van der Waals surface area contributed by atoms with E-state index in [1.807, 2.05) is 0 Å². The van der Waals surface area contributed by atoms with Gasteiger partial charge in [0.05, 0.1) is 5.69 Å². The maximum atomic E-state index is 14.3. The van der Waals surface area contributed by atoms with Crippen LogP contribution in [0.5, 0.6) is 0 Å². The van der Waals surface area contributed by atoms with E-state index in [1.54, 1.807) is 12.1 Å². The average Bonchev–Trinajstić information content (AvgIpc) is 2.96. The van der Waals surface area contributed by atoms with Crippen LogP contribution < -0.4 is 20.9 Å². The molecule has 6 heteroatoms. The first-order valence-corrected chi connectivity index (χ1v) is 8.55. The quantitative estimate of drug-likeness (QED) is 0.800. The topological polar surface area (TPSA) is 56.4 Å². The number of amides is 2. The number of nitrogens with one attached hydrogen (secondary N) is 3. The van der Waals surface area contributed by atoms with Gasteiger partial charge in [-0.1, -0.05) is 0 Å². The van der Waals surface area contributed by atoms with Gasteiger partial charge >= 0.3 is 6.03 Å². The Morgan fingerprint density at radius 3 is 2.61 bits per heavy atom. The van der Waals surface area contributed by atoms with E-state index in [9.17, 15) is 9.18 Å². The molecule has 2 heterocycles. The monoisotopic (exact) mass is 318 g/mol. The van der Waals surface area contributed by atoms with Crippen molar-refractivity contribution in [3.8, 4) is 0 Å². The van der Waals surface area contributed by atoms with Crippen LogP contribution in [0.3, 0.4) is 0 Å². The van der Waals surface area contributed by atoms with E-state index in [-0.39, 0.29) is 17.9 Å². The van der Waals surface area contributed by atoms with Gasteiger partial charge in [-0.3, -0.25) is 0 Å². The summed E-state index contributed by atoms with van der Waals surface area (Å²) in [7, 11) is 0. The number of carbonyl (C=O) groups is 1. The summed E-state index contributed by atoms with van der Waals surface area (Å²) in [5.41, 5.74) is 1.14. The zero-order valence-electron chi connectivity index (χ0n) is 13.1. The van der Waals surface area contributed by atoms with Crippen molar-refractivity contribution in [3.63, 3.8) is 0 Å². The lowest BCUT2D eigenvalue weighted by Gasteiger charge is -2.29. The van der Waals surface area contributed by atoms with Crippen molar-refractivity contribution < 1.29 is 9.18 Å². The molecule has 3 atom stereocenters. The van der Waals surface area contributed by atoms with Crippen LogP contribution >= 0.6 is 0 Å². The van der Waals surface area contributed by atoms with Gasteiger partial charge in [-0.05, 0) is 49.3 Å². The number of nitrogens with zero attached hydrogens (tertiary/aromatic N) is 1. The predicted molar refractivity (Wildman–Crippen MR) is 88.3 cm³/mol. The number of rotatable bonds is 3. The molecule has 2 amide bonds. The molecule has 1 aromatic carbocycles. The van der Waals surface area contributed by atoms with E-state index in [0.29, 0.717) is 23.2 Å². The van der Waals surface area contributed by atoms with Gasteiger partial charge in [0.25, 0.3) is 0 Å². The molecule has 2 saturated heterocycles. The zero-order valence-corrected chi connectivity index (χ0v) is 13.1. The van der Waals surface area contributed by atoms with Crippen LogP contribution in [0.1, 0.15) is 19.3 Å². The third-order valence-corrected chi connectivity index (χ3v) is 5.29. The highest BCUT2D eigenvalue weighted by Crippen LogP contribution is 2.41. The molecule has 3 N–H and O–H groups in total. The van der Waals surface area contributed by atoms with Crippen molar-refractivity contribution in [1.29, 1.82) is 0 Å². The minimum Gasteiger partial charge on any atom is -0.369 e. The summed E-state index contributed by atoms with van der Waals surface area (Å²) in [6.07, 6.45) is 3.44. The minimum atomic E-state index is -0.266. The van der Waals surface area contributed by atoms with Crippen LogP contribution in [-0.2, 0) is 0 Å². The number of hydrogen-bond acceptors (Lipinski definition) is 3. The second kappa shape index (κ2) is 6.00. The number of piperidine rings is 2. The lowest BCUT2D eigenvalue weighted by molar-refractivity contribution is 0.250. The van der Waals surface area contributed by atoms with Crippen molar-refractivity contribution in [1.82, 2.24) is 10.6 Å². The van der Waals surface area contributed by atoms with Gasteiger partial charge < -0.3 is 20.9 Å². The van der Waals surface area contributed by atoms with E-state index in [1.165, 1.54) is 12.5 Å². The molecular weight excluding hydrogens is 295 g/mol. The molecule has 0 spiro atoms. The van der Waals surface area contributed by atoms with Crippen molar-refractivity contribution in [2.75, 3.05) is 36.4 Å². The van der Waals surface area contributed by atoms with Gasteiger partial charge in [0.15, 0.2) is 0 Å². The van der Waals surface area contributed by atoms with E-state index >= 15 is 0 Å². The van der Waals surface area contributed by atoms with Crippen molar-refractivity contribution >= 4 is 17.4 Å². The van der Waals surface area contributed by atoms with Gasteiger partial charge in [0, 0.05) is 37.9 Å². The molecule has 0 aromatic heterocycles. The number of carbonyl (C=O) groups excluding carboxylic acids is 1. The summed E-state index contributed by atoms with van der Waals surface area (Å²) in [5, 5.41) is 9.02. The molecule has 4 rings (SSSR count). The van der Waals surface area contributed by atoms with E-state index < -0.39 is 0 Å². The van der Waals surface area contributed by atoms with Gasteiger partial charge in [0.2, 0.25) is 0 Å². The van der Waals surface area contributed by atoms with E-state index in [2.05, 4.69) is 20.9 Å². The smallest absolute Gasteiger partial charge is 0.319 e. The Bertz CT molecular complexity index is 592. The number of fused-ring (bicyclic) bond motifs is 1. The maximum Gasteiger partial charge on any atom is 0.319 e. The van der Waals surface area contributed by atoms with Gasteiger partial charge in [-0.2, -0.15) is 0 Å². The highest BCUT2D eigenvalue weighted by Gasteiger charge is 2.53. The SMILES string of the molecule is O=C(Nc1ccc(N2CCCCC2)c(F)c1)NC1[C@H]2CNC[C@@H]12. The zero-order chi connectivity index (χ0) is 15.8. The third-order valence-electron chi connectivity index (χ3n) is 5.29. The summed E-state index contributed by atoms with van der Waals surface area (Å²) in [6, 6.07) is 5.00. The summed E-state index contributed by atoms with van der Waals surface area (Å²) in [4.78, 5) is 14.1. The molecule has 1 saturated carbocycles. The van der Waals surface area contributed by atoms with E-state index in [4.69, 9.17) is 0 Å².